The van der Waals surface area contributed by atoms with E-state index in [-0.39, 0.29) is 27.7 Å². The van der Waals surface area contributed by atoms with Crippen LogP contribution >= 0.6 is 30.8 Å². The summed E-state index contributed by atoms with van der Waals surface area (Å²) < 4.78 is 11.3. The number of nitrogens with two attached hydrogens (primary N) is 1. The molecule has 0 amide bonds. The topological polar surface area (TPSA) is 134 Å². The fraction of sp³-hybridized carbons (Fsp3) is 0.231. The second kappa shape index (κ2) is 6.73. The van der Waals surface area contributed by atoms with E-state index in [9.17, 15) is 19.1 Å². The van der Waals surface area contributed by atoms with E-state index in [1.807, 2.05) is 0 Å². The Balaban J connectivity index is 2.59. The van der Waals surface area contributed by atoms with Gasteiger partial charge in [-0.1, -0.05) is 23.2 Å². The molecule has 23 heavy (non-hydrogen) atoms. The maximum atomic E-state index is 11.3. The molecule has 10 heteroatoms. The minimum atomic E-state index is -4.37. The molecule has 0 aliphatic carbocycles. The molecule has 7 nitrogen and oxygen atoms in total. The van der Waals surface area contributed by atoms with Crippen LogP contribution in [0.25, 0.3) is 10.9 Å². The van der Waals surface area contributed by atoms with Crippen LogP contribution in [-0.4, -0.2) is 31.9 Å². The zero-order chi connectivity index (χ0) is 17.4. The first-order chi connectivity index (χ1) is 10.6. The predicted octanol–water partition coefficient (Wildman–Crippen LogP) is 2.17. The summed E-state index contributed by atoms with van der Waals surface area (Å²) in [6, 6.07) is 3.29. The van der Waals surface area contributed by atoms with Crippen LogP contribution in [-0.2, 0) is 21.9 Å². The highest BCUT2D eigenvalue weighted by atomic mass is 35.5. The summed E-state index contributed by atoms with van der Waals surface area (Å²) in [5, 5.41) is 10.00. The number of nitrogens with zero attached hydrogens (tertiary/aromatic N) is 1. The Labute approximate surface area is 141 Å². The van der Waals surface area contributed by atoms with Gasteiger partial charge in [-0.3, -0.25) is 14.3 Å². The Morgan fingerprint density at radius 2 is 1.87 bits per heavy atom. The van der Waals surface area contributed by atoms with Crippen molar-refractivity contribution in [3.05, 3.63) is 39.5 Å². The van der Waals surface area contributed by atoms with Gasteiger partial charge in [-0.15, -0.1) is 0 Å². The van der Waals surface area contributed by atoms with Gasteiger partial charge in [0.05, 0.1) is 21.7 Å². The van der Waals surface area contributed by atoms with Crippen molar-refractivity contribution < 1.29 is 24.3 Å². The number of aromatic nitrogens is 1. The van der Waals surface area contributed by atoms with Gasteiger partial charge < -0.3 is 20.6 Å². The summed E-state index contributed by atoms with van der Waals surface area (Å²) in [6.07, 6.45) is -0.737. The van der Waals surface area contributed by atoms with Crippen LogP contribution in [0.3, 0.4) is 0 Å². The summed E-state index contributed by atoms with van der Waals surface area (Å²) in [4.78, 5) is 33.6. The molecule has 2 rings (SSSR count). The van der Waals surface area contributed by atoms with Crippen molar-refractivity contribution in [1.82, 2.24) is 4.98 Å². The Kier molecular flexibility index (Phi) is 5.30. The van der Waals surface area contributed by atoms with Gasteiger partial charge in [0.15, 0.2) is 0 Å². The first-order valence-electron chi connectivity index (χ1n) is 6.37. The van der Waals surface area contributed by atoms with Gasteiger partial charge in [-0.25, -0.2) is 0 Å². The third-order valence-electron chi connectivity index (χ3n) is 3.13. The standard InChI is InChI=1S/C13H13Cl2N2O5P/c14-8-2-6-1-7(5-23(20,21)22)12(4-10(16)13(18)19)17-11(6)3-9(8)15/h1-3,10H,4-5,16H2,(H,18,19)(H2,20,21,22)/t10-/m1/s1. The molecule has 1 atom stereocenters. The average Bonchev–Trinajstić information content (AvgIpc) is 2.39. The normalized spacial score (nSPS) is 13.3. The lowest BCUT2D eigenvalue weighted by atomic mass is 10.0. The number of halogens is 2. The van der Waals surface area contributed by atoms with Crippen molar-refractivity contribution in [3.8, 4) is 0 Å². The molecule has 2 aromatic rings. The summed E-state index contributed by atoms with van der Waals surface area (Å²) in [5.41, 5.74) is 6.36. The summed E-state index contributed by atoms with van der Waals surface area (Å²) in [5.74, 6) is -1.23. The maximum absolute atomic E-state index is 11.3. The lowest BCUT2D eigenvalue weighted by molar-refractivity contribution is -0.138. The number of carbonyl (C=O) groups is 1. The number of aliphatic carboxylic acids is 1. The van der Waals surface area contributed by atoms with Gasteiger partial charge in [0.1, 0.15) is 6.04 Å². The van der Waals surface area contributed by atoms with E-state index in [0.717, 1.165) is 0 Å². The number of pyridine rings is 1. The van der Waals surface area contributed by atoms with Crippen molar-refractivity contribution in [2.24, 2.45) is 5.73 Å². The van der Waals surface area contributed by atoms with Crippen LogP contribution in [0.2, 0.25) is 10.0 Å². The van der Waals surface area contributed by atoms with Gasteiger partial charge in [-0.05, 0) is 23.8 Å². The molecule has 0 unspecified atom stereocenters. The van der Waals surface area contributed by atoms with Crippen LogP contribution in [0.5, 0.6) is 0 Å². The van der Waals surface area contributed by atoms with Crippen LogP contribution in [0.15, 0.2) is 18.2 Å². The molecule has 0 aliphatic rings. The van der Waals surface area contributed by atoms with Gasteiger partial charge in [0.2, 0.25) is 0 Å². The third-order valence-corrected chi connectivity index (χ3v) is 4.61. The number of carboxylic acids is 1. The molecule has 0 bridgehead atoms. The van der Waals surface area contributed by atoms with E-state index in [0.29, 0.717) is 10.9 Å². The smallest absolute Gasteiger partial charge is 0.329 e. The van der Waals surface area contributed by atoms with E-state index < -0.39 is 25.8 Å². The maximum Gasteiger partial charge on any atom is 0.329 e. The molecule has 1 aromatic carbocycles. The monoisotopic (exact) mass is 378 g/mol. The van der Waals surface area contributed by atoms with Gasteiger partial charge in [0.25, 0.3) is 0 Å². The zero-order valence-corrected chi connectivity index (χ0v) is 14.0. The van der Waals surface area contributed by atoms with Gasteiger partial charge in [0, 0.05) is 17.5 Å². The Morgan fingerprint density at radius 1 is 1.26 bits per heavy atom. The van der Waals surface area contributed by atoms with E-state index in [1.165, 1.54) is 18.2 Å². The second-order valence-electron chi connectivity index (χ2n) is 5.02. The molecular weight excluding hydrogens is 366 g/mol. The molecule has 0 aliphatic heterocycles. The minimum absolute atomic E-state index is 0.166. The van der Waals surface area contributed by atoms with Crippen LogP contribution in [0, 0.1) is 0 Å². The zero-order valence-electron chi connectivity index (χ0n) is 11.6. The molecule has 0 fully saturated rings. The molecule has 1 aromatic heterocycles. The van der Waals surface area contributed by atoms with E-state index in [2.05, 4.69) is 4.98 Å². The quantitative estimate of drug-likeness (QED) is 0.585. The first kappa shape index (κ1) is 18.1. The summed E-state index contributed by atoms with van der Waals surface area (Å²) in [6.45, 7) is 0. The number of hydrogen-bond donors (Lipinski definition) is 4. The van der Waals surface area contributed by atoms with E-state index in [4.69, 9.17) is 34.0 Å². The minimum Gasteiger partial charge on any atom is -0.480 e. The largest absolute Gasteiger partial charge is 0.480 e. The SMILES string of the molecule is N[C@H](Cc1nc2cc(Cl)c(Cl)cc2cc1CP(=O)(O)O)C(=O)O. The number of hydrogen-bond acceptors (Lipinski definition) is 4. The van der Waals surface area contributed by atoms with Gasteiger partial charge >= 0.3 is 13.6 Å². The first-order valence-corrected chi connectivity index (χ1v) is 8.92. The number of rotatable bonds is 5. The highest BCUT2D eigenvalue weighted by Crippen LogP contribution is 2.40. The average molecular weight is 379 g/mol. The highest BCUT2D eigenvalue weighted by Gasteiger charge is 2.22. The predicted molar refractivity (Wildman–Crippen MR) is 86.8 cm³/mol. The fourth-order valence-corrected chi connectivity index (χ4v) is 3.13. The highest BCUT2D eigenvalue weighted by molar-refractivity contribution is 7.50. The Morgan fingerprint density at radius 3 is 2.43 bits per heavy atom. The Bertz CT molecular complexity index is 824. The van der Waals surface area contributed by atoms with Crippen molar-refractivity contribution in [2.45, 2.75) is 18.6 Å². The van der Waals surface area contributed by atoms with Crippen LogP contribution in [0.4, 0.5) is 0 Å². The molecular formula is C13H13Cl2N2O5P. The summed E-state index contributed by atoms with van der Waals surface area (Å²) >= 11 is 11.9. The number of carboxylic acid groups (broad SMARTS) is 1. The molecule has 1 heterocycles. The lowest BCUT2D eigenvalue weighted by Gasteiger charge is -2.14. The van der Waals surface area contributed by atoms with Gasteiger partial charge in [-0.2, -0.15) is 0 Å². The van der Waals surface area contributed by atoms with E-state index >= 15 is 0 Å². The number of fused-ring (bicyclic) bond motifs is 1. The molecule has 0 saturated heterocycles. The molecule has 124 valence electrons. The third kappa shape index (κ3) is 4.64. The summed E-state index contributed by atoms with van der Waals surface area (Å²) in [7, 11) is -4.37. The van der Waals surface area contributed by atoms with Crippen molar-refractivity contribution in [3.63, 3.8) is 0 Å². The lowest BCUT2D eigenvalue weighted by Crippen LogP contribution is -2.33. The van der Waals surface area contributed by atoms with Crippen molar-refractivity contribution in [1.29, 1.82) is 0 Å². The molecule has 0 saturated carbocycles. The van der Waals surface area contributed by atoms with E-state index in [1.54, 1.807) is 0 Å². The van der Waals surface area contributed by atoms with Crippen LogP contribution in [0.1, 0.15) is 11.3 Å². The van der Waals surface area contributed by atoms with Crippen molar-refractivity contribution in [2.75, 3.05) is 0 Å². The van der Waals surface area contributed by atoms with Crippen LogP contribution < -0.4 is 5.73 Å². The Hall–Kier alpha value is -1.21. The number of benzene rings is 1. The molecule has 5 N–H and O–H groups in total. The second-order valence-corrected chi connectivity index (χ2v) is 7.48. The molecule has 0 spiro atoms. The van der Waals surface area contributed by atoms with Crippen molar-refractivity contribution >= 4 is 47.7 Å². The molecule has 0 radical (unpaired) electrons. The fourth-order valence-electron chi connectivity index (χ4n) is 2.08.